The molecule has 0 bridgehead atoms. The van der Waals surface area contributed by atoms with Crippen LogP contribution in [0.4, 0.5) is 5.69 Å². The van der Waals surface area contributed by atoms with Crippen LogP contribution in [0.1, 0.15) is 43.7 Å². The number of piperidine rings is 1. The Morgan fingerprint density at radius 2 is 2.09 bits per heavy atom. The summed E-state index contributed by atoms with van der Waals surface area (Å²) in [5.74, 6) is 2.00. The summed E-state index contributed by atoms with van der Waals surface area (Å²) in [4.78, 5) is 4.40. The zero-order valence-corrected chi connectivity index (χ0v) is 14.4. The van der Waals surface area contributed by atoms with Gasteiger partial charge in [-0.2, -0.15) is 0 Å². The van der Waals surface area contributed by atoms with Crippen molar-refractivity contribution < 1.29 is 4.74 Å². The normalized spacial score (nSPS) is 17.0. The molecule has 4 nitrogen and oxygen atoms in total. The smallest absolute Gasteiger partial charge is 0.145 e. The van der Waals surface area contributed by atoms with Crippen LogP contribution in [-0.4, -0.2) is 30.9 Å². The minimum atomic E-state index is 0.0924. The van der Waals surface area contributed by atoms with Crippen LogP contribution >= 0.6 is 11.6 Å². The fourth-order valence-corrected chi connectivity index (χ4v) is 2.94. The first-order valence-electron chi connectivity index (χ1n) is 7.92. The third kappa shape index (κ3) is 4.37. The van der Waals surface area contributed by atoms with Crippen molar-refractivity contribution in [3.05, 3.63) is 23.3 Å². The number of ether oxygens (including phenoxy) is 1. The van der Waals surface area contributed by atoms with Crippen molar-refractivity contribution in [2.24, 2.45) is 10.7 Å². The summed E-state index contributed by atoms with van der Waals surface area (Å²) in [5, 5.41) is 3.41. The van der Waals surface area contributed by atoms with Crippen LogP contribution in [0.3, 0.4) is 0 Å². The quantitative estimate of drug-likeness (QED) is 0.495. The minimum absolute atomic E-state index is 0.0924. The third-order valence-electron chi connectivity index (χ3n) is 3.89. The molecule has 3 N–H and O–H groups in total. The number of nitrogens with zero attached hydrogens (tertiary/aromatic N) is 1. The van der Waals surface area contributed by atoms with Gasteiger partial charge in [-0.1, -0.05) is 0 Å². The van der Waals surface area contributed by atoms with Gasteiger partial charge in [-0.15, -0.1) is 11.6 Å². The van der Waals surface area contributed by atoms with E-state index >= 15 is 0 Å². The molecule has 0 saturated carbocycles. The Kier molecular flexibility index (Phi) is 6.09. The molecule has 22 heavy (non-hydrogen) atoms. The number of halogens is 1. The zero-order chi connectivity index (χ0) is 16.1. The predicted octanol–water partition coefficient (Wildman–Crippen LogP) is 3.48. The van der Waals surface area contributed by atoms with Gasteiger partial charge in [0.2, 0.25) is 0 Å². The summed E-state index contributed by atoms with van der Waals surface area (Å²) in [6.45, 7) is 8.31. The second kappa shape index (κ2) is 7.84. The van der Waals surface area contributed by atoms with Crippen molar-refractivity contribution >= 4 is 23.1 Å². The summed E-state index contributed by atoms with van der Waals surface area (Å²) >= 11 is 5.75. The van der Waals surface area contributed by atoms with E-state index in [4.69, 9.17) is 22.1 Å². The molecule has 1 saturated heterocycles. The minimum Gasteiger partial charge on any atom is -0.489 e. The first-order valence-corrected chi connectivity index (χ1v) is 8.45. The van der Waals surface area contributed by atoms with Crippen molar-refractivity contribution in [3.63, 3.8) is 0 Å². The molecule has 1 aliphatic rings. The van der Waals surface area contributed by atoms with Crippen molar-refractivity contribution in [2.75, 3.05) is 19.0 Å². The highest BCUT2D eigenvalue weighted by Gasteiger charge is 2.19. The van der Waals surface area contributed by atoms with Crippen molar-refractivity contribution in [2.45, 2.75) is 45.6 Å². The van der Waals surface area contributed by atoms with Gasteiger partial charge in [0, 0.05) is 0 Å². The molecule has 122 valence electrons. The molecular weight excluding hydrogens is 298 g/mol. The maximum Gasteiger partial charge on any atom is 0.145 e. The number of benzene rings is 1. The monoisotopic (exact) mass is 323 g/mol. The van der Waals surface area contributed by atoms with Gasteiger partial charge in [-0.05, 0) is 75.9 Å². The fraction of sp³-hybridized carbons (Fsp3) is 0.588. The van der Waals surface area contributed by atoms with Crippen LogP contribution in [0, 0.1) is 6.92 Å². The van der Waals surface area contributed by atoms with Gasteiger partial charge in [-0.3, -0.25) is 0 Å². The molecule has 0 atom stereocenters. The Morgan fingerprint density at radius 3 is 2.68 bits per heavy atom. The van der Waals surface area contributed by atoms with E-state index in [2.05, 4.69) is 29.4 Å². The van der Waals surface area contributed by atoms with Gasteiger partial charge in [0.1, 0.15) is 17.3 Å². The van der Waals surface area contributed by atoms with E-state index in [1.54, 1.807) is 0 Å². The Hall–Kier alpha value is -1.26. The lowest BCUT2D eigenvalue weighted by molar-refractivity contribution is 0.243. The second-order valence-corrected chi connectivity index (χ2v) is 6.37. The van der Waals surface area contributed by atoms with Crippen LogP contribution < -0.4 is 15.8 Å². The number of nitrogens with two attached hydrogens (primary N) is 1. The molecule has 0 radical (unpaired) electrons. The van der Waals surface area contributed by atoms with E-state index in [1.807, 2.05) is 13.8 Å². The number of nitrogens with one attached hydrogen (secondary N) is 1. The lowest BCUT2D eigenvalue weighted by Crippen LogP contribution is -2.27. The topological polar surface area (TPSA) is 59.6 Å². The molecule has 1 aromatic rings. The molecule has 5 heteroatoms. The number of aryl methyl sites for hydroxylation is 1. The molecule has 1 aliphatic heterocycles. The number of hydrogen-bond acceptors (Lipinski definition) is 3. The first-order chi connectivity index (χ1) is 10.5. The van der Waals surface area contributed by atoms with Crippen molar-refractivity contribution in [3.8, 4) is 5.75 Å². The fourth-order valence-electron chi connectivity index (χ4n) is 2.88. The Labute approximate surface area is 138 Å². The summed E-state index contributed by atoms with van der Waals surface area (Å²) in [6, 6.07) is 4.21. The highest BCUT2D eigenvalue weighted by atomic mass is 35.5. The van der Waals surface area contributed by atoms with Gasteiger partial charge in [-0.25, -0.2) is 4.99 Å². The Balaban J connectivity index is 2.40. The predicted molar refractivity (Wildman–Crippen MR) is 93.8 cm³/mol. The number of hydrogen-bond donors (Lipinski definition) is 2. The molecular formula is C17H26ClN3O. The van der Waals surface area contributed by atoms with Crippen molar-refractivity contribution in [1.82, 2.24) is 5.32 Å². The first kappa shape index (κ1) is 17.1. The van der Waals surface area contributed by atoms with E-state index in [1.165, 1.54) is 11.1 Å². The molecule has 1 fully saturated rings. The van der Waals surface area contributed by atoms with E-state index in [0.29, 0.717) is 11.8 Å². The lowest BCUT2D eigenvalue weighted by Gasteiger charge is -2.26. The number of alkyl halides is 1. The highest BCUT2D eigenvalue weighted by Crippen LogP contribution is 2.37. The van der Waals surface area contributed by atoms with Gasteiger partial charge < -0.3 is 15.8 Å². The SMILES string of the molecule is Cc1cc(N=C(N)CCl)c(OC(C)C)cc1C1CCNCC1. The van der Waals surface area contributed by atoms with E-state index < -0.39 is 0 Å². The summed E-state index contributed by atoms with van der Waals surface area (Å²) < 4.78 is 5.96. The number of rotatable bonds is 5. The summed E-state index contributed by atoms with van der Waals surface area (Å²) in [5.41, 5.74) is 9.16. The van der Waals surface area contributed by atoms with E-state index in [-0.39, 0.29) is 12.0 Å². The number of aliphatic imine (C=N–C) groups is 1. The standard InChI is InChI=1S/C17H26ClN3O/c1-11(2)22-16-9-14(13-4-6-20-7-5-13)12(3)8-15(16)21-17(19)10-18/h8-9,11,13,20H,4-7,10H2,1-3H3,(H2,19,21). The van der Waals surface area contributed by atoms with Gasteiger partial charge in [0.05, 0.1) is 12.0 Å². The molecule has 1 aromatic carbocycles. The Bertz CT molecular complexity index is 537. The van der Waals surface area contributed by atoms with Crippen LogP contribution in [0.2, 0.25) is 0 Å². The summed E-state index contributed by atoms with van der Waals surface area (Å²) in [7, 11) is 0. The van der Waals surface area contributed by atoms with Crippen molar-refractivity contribution in [1.29, 1.82) is 0 Å². The van der Waals surface area contributed by atoms with Gasteiger partial charge >= 0.3 is 0 Å². The lowest BCUT2D eigenvalue weighted by atomic mass is 9.87. The maximum absolute atomic E-state index is 5.96. The second-order valence-electron chi connectivity index (χ2n) is 6.10. The van der Waals surface area contributed by atoms with Crippen LogP contribution in [-0.2, 0) is 0 Å². The van der Waals surface area contributed by atoms with Gasteiger partial charge in [0.25, 0.3) is 0 Å². The summed E-state index contributed by atoms with van der Waals surface area (Å²) in [6.07, 6.45) is 2.41. The number of amidine groups is 1. The molecule has 1 heterocycles. The zero-order valence-electron chi connectivity index (χ0n) is 13.7. The Morgan fingerprint density at radius 1 is 1.41 bits per heavy atom. The maximum atomic E-state index is 5.96. The van der Waals surface area contributed by atoms with Crippen LogP contribution in [0.5, 0.6) is 5.75 Å². The molecule has 2 rings (SSSR count). The molecule has 0 unspecified atom stereocenters. The van der Waals surface area contributed by atoms with E-state index in [9.17, 15) is 0 Å². The highest BCUT2D eigenvalue weighted by molar-refractivity contribution is 6.28. The largest absolute Gasteiger partial charge is 0.489 e. The van der Waals surface area contributed by atoms with Crippen LogP contribution in [0.15, 0.2) is 17.1 Å². The van der Waals surface area contributed by atoms with Crippen LogP contribution in [0.25, 0.3) is 0 Å². The van der Waals surface area contributed by atoms with E-state index in [0.717, 1.165) is 37.4 Å². The third-order valence-corrected chi connectivity index (χ3v) is 4.16. The average molecular weight is 324 g/mol. The molecule has 0 amide bonds. The average Bonchev–Trinajstić information content (AvgIpc) is 2.50. The molecule has 0 aromatic heterocycles. The molecule has 0 aliphatic carbocycles. The molecule has 0 spiro atoms. The van der Waals surface area contributed by atoms with Gasteiger partial charge in [0.15, 0.2) is 0 Å².